The number of nitrogens with zero attached hydrogens (tertiary/aromatic N) is 4. The number of hydrogen-bond donors (Lipinski definition) is 1. The van der Waals surface area contributed by atoms with Gasteiger partial charge in [-0.25, -0.2) is 9.17 Å². The summed E-state index contributed by atoms with van der Waals surface area (Å²) >= 11 is 0. The lowest BCUT2D eigenvalue weighted by Crippen LogP contribution is -2.24. The average Bonchev–Trinajstić information content (AvgIpc) is 3.09. The minimum atomic E-state index is -3.91. The molecule has 1 aromatic heterocycles. The third-order valence-corrected chi connectivity index (χ3v) is 4.65. The molecule has 0 bridgehead atoms. The number of rotatable bonds is 8. The van der Waals surface area contributed by atoms with Gasteiger partial charge in [-0.3, -0.25) is 4.18 Å². The smallest absolute Gasteiger partial charge is 0.372 e. The minimum absolute atomic E-state index is 0. The molecule has 28 heavy (non-hydrogen) atoms. The Hall–Kier alpha value is -2.82. The normalized spacial score (nSPS) is 11.6. The van der Waals surface area contributed by atoms with Crippen molar-refractivity contribution in [3.05, 3.63) is 48.5 Å². The first-order valence-corrected chi connectivity index (χ1v) is 9.43. The Labute approximate surface area is 164 Å². The molecule has 0 fully saturated rings. The molecular weight excluding hydrogens is 382 g/mol. The van der Waals surface area contributed by atoms with E-state index in [0.717, 1.165) is 23.8 Å². The molecule has 150 valence electrons. The first-order valence-electron chi connectivity index (χ1n) is 8.09. The number of anilines is 1. The fourth-order valence-corrected chi connectivity index (χ4v) is 2.69. The summed E-state index contributed by atoms with van der Waals surface area (Å²) < 4.78 is 31.1. The largest absolute Gasteiger partial charge is 0.399 e. The van der Waals surface area contributed by atoms with Crippen LogP contribution in [0, 0.1) is 0 Å². The van der Waals surface area contributed by atoms with Crippen molar-refractivity contribution in [2.45, 2.75) is 7.43 Å². The number of imidazole rings is 1. The number of benzene rings is 2. The van der Waals surface area contributed by atoms with Crippen LogP contribution in [0.4, 0.5) is 17.3 Å². The van der Waals surface area contributed by atoms with E-state index in [2.05, 4.69) is 28.6 Å². The molecule has 1 N–H and O–H groups in total. The van der Waals surface area contributed by atoms with Crippen LogP contribution in [-0.4, -0.2) is 45.7 Å². The molecule has 2 aromatic carbocycles. The number of fused-ring (bicyclic) bond motifs is 1. The first kappa shape index (κ1) is 21.5. The van der Waals surface area contributed by atoms with E-state index in [4.69, 9.17) is 0 Å². The summed E-state index contributed by atoms with van der Waals surface area (Å²) in [5.41, 5.74) is 3.30. The first-order chi connectivity index (χ1) is 13.0. The predicted octanol–water partition coefficient (Wildman–Crippen LogP) is 3.96. The molecule has 0 spiro atoms. The number of aromatic amines is 1. The van der Waals surface area contributed by atoms with Crippen LogP contribution in [0.1, 0.15) is 7.43 Å². The van der Waals surface area contributed by atoms with Gasteiger partial charge in [0.2, 0.25) is 5.95 Å². The predicted molar refractivity (Wildman–Crippen MR) is 109 cm³/mol. The molecule has 0 saturated heterocycles. The zero-order valence-electron chi connectivity index (χ0n) is 14.9. The van der Waals surface area contributed by atoms with Gasteiger partial charge in [-0.15, -0.1) is 10.2 Å². The quantitative estimate of drug-likeness (QED) is 0.568. The molecule has 0 aliphatic rings. The van der Waals surface area contributed by atoms with Crippen molar-refractivity contribution in [1.29, 1.82) is 0 Å². The van der Waals surface area contributed by atoms with Crippen LogP contribution >= 0.6 is 0 Å². The summed E-state index contributed by atoms with van der Waals surface area (Å²) in [5.74, 6) is 0.439. The van der Waals surface area contributed by atoms with Crippen LogP contribution in [-0.2, 0) is 18.8 Å². The lowest BCUT2D eigenvalue weighted by Gasteiger charge is -2.18. The summed E-state index contributed by atoms with van der Waals surface area (Å²) in [5, 5.41) is 8.29. The van der Waals surface area contributed by atoms with E-state index in [1.807, 2.05) is 60.5 Å². The summed E-state index contributed by atoms with van der Waals surface area (Å²) in [6, 6.07) is 15.0. The minimum Gasteiger partial charge on any atom is -0.372 e. The molecule has 0 aliphatic carbocycles. The summed E-state index contributed by atoms with van der Waals surface area (Å²) in [4.78, 5) is 9.27. The summed E-state index contributed by atoms with van der Waals surface area (Å²) in [6.07, 6.45) is 0. The van der Waals surface area contributed by atoms with Gasteiger partial charge in [-0.1, -0.05) is 19.6 Å². The van der Waals surface area contributed by atoms with Gasteiger partial charge in [-0.05, 0) is 36.4 Å². The van der Waals surface area contributed by atoms with Crippen molar-refractivity contribution >= 4 is 38.8 Å². The van der Waals surface area contributed by atoms with E-state index in [1.54, 1.807) is 0 Å². The van der Waals surface area contributed by atoms with E-state index < -0.39 is 10.4 Å². The maximum absolute atomic E-state index is 11.1. The fraction of sp³-hybridized carbons (Fsp3) is 0.278. The monoisotopic (exact) mass is 405 g/mol. The van der Waals surface area contributed by atoms with Crippen LogP contribution in [0.15, 0.2) is 58.8 Å². The SMILES string of the molecule is C.COS(=O)(=O)OCCN(C)c1ccc(N=Nc2nc3ccccc3[nH]2)cc1. The van der Waals surface area contributed by atoms with Gasteiger partial charge < -0.3 is 9.88 Å². The van der Waals surface area contributed by atoms with Crippen LogP contribution in [0.2, 0.25) is 0 Å². The van der Waals surface area contributed by atoms with Gasteiger partial charge in [0.1, 0.15) is 0 Å². The second-order valence-electron chi connectivity index (χ2n) is 5.61. The van der Waals surface area contributed by atoms with Crippen molar-refractivity contribution in [2.75, 3.05) is 32.2 Å². The molecule has 0 radical (unpaired) electrons. The van der Waals surface area contributed by atoms with Gasteiger partial charge in [0, 0.05) is 19.3 Å². The number of para-hydroxylation sites is 2. The second kappa shape index (κ2) is 9.40. The van der Waals surface area contributed by atoms with Crippen LogP contribution in [0.3, 0.4) is 0 Å². The number of aromatic nitrogens is 2. The Morgan fingerprint density at radius 3 is 2.50 bits per heavy atom. The van der Waals surface area contributed by atoms with E-state index in [1.165, 1.54) is 0 Å². The molecule has 1 heterocycles. The van der Waals surface area contributed by atoms with E-state index in [9.17, 15) is 8.42 Å². The number of hydrogen-bond acceptors (Lipinski definition) is 8. The van der Waals surface area contributed by atoms with E-state index >= 15 is 0 Å². The Morgan fingerprint density at radius 2 is 1.82 bits per heavy atom. The molecule has 0 unspecified atom stereocenters. The third kappa shape index (κ3) is 5.59. The van der Waals surface area contributed by atoms with Gasteiger partial charge in [0.15, 0.2) is 0 Å². The van der Waals surface area contributed by atoms with Crippen molar-refractivity contribution < 1.29 is 16.8 Å². The third-order valence-electron chi connectivity index (χ3n) is 3.79. The standard InChI is InChI=1S/C17H19N5O4S.CH4/c1-22(11-12-26-27(23,24)25-2)14-9-7-13(8-10-14)20-21-17-18-15-5-3-4-6-16(15)19-17;/h3-10H,11-12H2,1-2H3,(H,18,19);1H4. The topological polar surface area (TPSA) is 109 Å². The zero-order valence-corrected chi connectivity index (χ0v) is 15.7. The second-order valence-corrected chi connectivity index (χ2v) is 7.00. The summed E-state index contributed by atoms with van der Waals surface area (Å²) in [7, 11) is -1.03. The van der Waals surface area contributed by atoms with Crippen LogP contribution in [0.25, 0.3) is 11.0 Å². The van der Waals surface area contributed by atoms with E-state index in [0.29, 0.717) is 18.2 Å². The Balaban J connectivity index is 0.00000280. The average molecular weight is 405 g/mol. The Bertz CT molecular complexity index is 999. The molecular formula is C18H23N5O4S. The van der Waals surface area contributed by atoms with Gasteiger partial charge in [0.25, 0.3) is 0 Å². The zero-order chi connectivity index (χ0) is 19.3. The highest BCUT2D eigenvalue weighted by Gasteiger charge is 2.09. The maximum Gasteiger partial charge on any atom is 0.399 e. The van der Waals surface area contributed by atoms with Gasteiger partial charge in [0.05, 0.1) is 30.4 Å². The number of azo groups is 1. The Morgan fingerprint density at radius 1 is 1.11 bits per heavy atom. The van der Waals surface area contributed by atoms with Crippen molar-refractivity contribution in [1.82, 2.24) is 9.97 Å². The molecule has 3 aromatic rings. The maximum atomic E-state index is 11.1. The number of nitrogens with one attached hydrogen (secondary N) is 1. The molecule has 3 rings (SSSR count). The summed E-state index contributed by atoms with van der Waals surface area (Å²) in [6.45, 7) is 0.364. The highest BCUT2D eigenvalue weighted by molar-refractivity contribution is 7.81. The molecule has 0 amide bonds. The van der Waals surface area contributed by atoms with Crippen LogP contribution in [0.5, 0.6) is 0 Å². The highest BCUT2D eigenvalue weighted by atomic mass is 32.3. The molecule has 0 aliphatic heterocycles. The van der Waals surface area contributed by atoms with Crippen molar-refractivity contribution in [3.63, 3.8) is 0 Å². The lowest BCUT2D eigenvalue weighted by atomic mass is 10.2. The van der Waals surface area contributed by atoms with Gasteiger partial charge >= 0.3 is 10.4 Å². The van der Waals surface area contributed by atoms with Crippen LogP contribution < -0.4 is 4.90 Å². The fourth-order valence-electron chi connectivity index (χ4n) is 2.32. The molecule has 0 saturated carbocycles. The lowest BCUT2D eigenvalue weighted by molar-refractivity contribution is 0.248. The van der Waals surface area contributed by atoms with Crippen molar-refractivity contribution in [2.24, 2.45) is 10.2 Å². The Kier molecular flexibility index (Phi) is 7.21. The highest BCUT2D eigenvalue weighted by Crippen LogP contribution is 2.22. The molecule has 9 nitrogen and oxygen atoms in total. The van der Waals surface area contributed by atoms with Gasteiger partial charge in [-0.2, -0.15) is 8.42 Å². The van der Waals surface area contributed by atoms with E-state index in [-0.39, 0.29) is 14.0 Å². The molecule has 10 heteroatoms. The van der Waals surface area contributed by atoms with Crippen molar-refractivity contribution in [3.8, 4) is 0 Å². The number of likely N-dealkylation sites (N-methyl/N-ethyl adjacent to an activating group) is 1. The molecule has 0 atom stereocenters. The number of H-pyrrole nitrogens is 1.